The Morgan fingerprint density at radius 1 is 1.05 bits per heavy atom. The third-order valence-corrected chi connectivity index (χ3v) is 3.43. The highest BCUT2D eigenvalue weighted by molar-refractivity contribution is 6.14. The number of methoxy groups -OCH3 is 1. The van der Waals surface area contributed by atoms with Crippen molar-refractivity contribution in [2.45, 2.75) is 0 Å². The summed E-state index contributed by atoms with van der Waals surface area (Å²) >= 11 is 0. The molecule has 0 atom stereocenters. The number of hydrogen-bond acceptors (Lipinski definition) is 5. The molecule has 2 N–H and O–H groups in total. The van der Waals surface area contributed by atoms with Gasteiger partial charge in [-0.3, -0.25) is 10.1 Å². The van der Waals surface area contributed by atoms with Crippen LogP contribution >= 0.6 is 0 Å². The van der Waals surface area contributed by atoms with Crippen LogP contribution in [-0.2, 0) is 0 Å². The van der Waals surface area contributed by atoms with Gasteiger partial charge in [-0.25, -0.2) is 0 Å². The number of non-ortho nitro benzene ring substituents is 1. The van der Waals surface area contributed by atoms with Crippen molar-refractivity contribution in [1.29, 1.82) is 0 Å². The number of rotatable bonds is 2. The molecule has 6 heteroatoms. The minimum Gasteiger partial charge on any atom is -0.507 e. The van der Waals surface area contributed by atoms with Crippen LogP contribution in [0.25, 0.3) is 21.5 Å². The summed E-state index contributed by atoms with van der Waals surface area (Å²) in [5.41, 5.74) is -0.144. The Labute approximate surface area is 119 Å². The van der Waals surface area contributed by atoms with Gasteiger partial charge < -0.3 is 14.9 Å². The molecule has 0 saturated carbocycles. The summed E-state index contributed by atoms with van der Waals surface area (Å²) in [6.45, 7) is 0. The highest BCUT2D eigenvalue weighted by Gasteiger charge is 2.18. The van der Waals surface area contributed by atoms with E-state index in [1.807, 2.05) is 0 Å². The van der Waals surface area contributed by atoms with E-state index >= 15 is 0 Å². The third-order valence-electron chi connectivity index (χ3n) is 3.43. The first-order chi connectivity index (χ1) is 10.0. The van der Waals surface area contributed by atoms with Crippen molar-refractivity contribution in [3.63, 3.8) is 0 Å². The molecule has 0 fully saturated rings. The van der Waals surface area contributed by atoms with Crippen molar-refractivity contribution in [3.05, 3.63) is 46.5 Å². The van der Waals surface area contributed by atoms with Gasteiger partial charge in [0.1, 0.15) is 17.2 Å². The fourth-order valence-corrected chi connectivity index (χ4v) is 2.49. The number of ether oxygens (including phenoxy) is 1. The number of phenols is 2. The second-order valence-corrected chi connectivity index (χ2v) is 4.60. The number of hydrogen-bond donors (Lipinski definition) is 2. The van der Waals surface area contributed by atoms with E-state index in [9.17, 15) is 20.3 Å². The number of nitrogens with zero attached hydrogens (tertiary/aromatic N) is 1. The summed E-state index contributed by atoms with van der Waals surface area (Å²) in [5, 5.41) is 32.9. The molecule has 0 aromatic heterocycles. The molecule has 0 bridgehead atoms. The van der Waals surface area contributed by atoms with Crippen molar-refractivity contribution in [1.82, 2.24) is 0 Å². The highest BCUT2D eigenvalue weighted by Crippen LogP contribution is 2.42. The lowest BCUT2D eigenvalue weighted by Crippen LogP contribution is -1.92. The predicted octanol–water partition coefficient (Wildman–Crippen LogP) is 3.32. The summed E-state index contributed by atoms with van der Waals surface area (Å²) in [5.74, 6) is 0.0999. The van der Waals surface area contributed by atoms with E-state index in [0.29, 0.717) is 21.5 Å². The molecule has 0 aliphatic carbocycles. The molecule has 0 heterocycles. The molecule has 0 amide bonds. The quantitative estimate of drug-likeness (QED) is 0.428. The average molecular weight is 285 g/mol. The monoisotopic (exact) mass is 285 g/mol. The molecular weight excluding hydrogens is 274 g/mol. The largest absolute Gasteiger partial charge is 0.507 e. The van der Waals surface area contributed by atoms with Gasteiger partial charge in [-0.1, -0.05) is 12.1 Å². The van der Waals surface area contributed by atoms with Crippen molar-refractivity contribution < 1.29 is 19.9 Å². The van der Waals surface area contributed by atoms with E-state index in [-0.39, 0.29) is 22.9 Å². The first-order valence-corrected chi connectivity index (χ1v) is 6.12. The van der Waals surface area contributed by atoms with Crippen molar-refractivity contribution in [3.8, 4) is 17.2 Å². The second-order valence-electron chi connectivity index (χ2n) is 4.60. The molecule has 21 heavy (non-hydrogen) atoms. The van der Waals surface area contributed by atoms with E-state index in [0.717, 1.165) is 0 Å². The van der Waals surface area contributed by atoms with Crippen LogP contribution in [0.2, 0.25) is 0 Å². The van der Waals surface area contributed by atoms with Crippen LogP contribution in [0.4, 0.5) is 5.69 Å². The maximum atomic E-state index is 11.0. The van der Waals surface area contributed by atoms with E-state index < -0.39 is 4.92 Å². The Hall–Kier alpha value is -3.02. The van der Waals surface area contributed by atoms with E-state index in [4.69, 9.17) is 4.74 Å². The van der Waals surface area contributed by atoms with Crippen molar-refractivity contribution in [2.24, 2.45) is 0 Å². The molecule has 0 spiro atoms. The fraction of sp³-hybridized carbons (Fsp3) is 0.0667. The summed E-state index contributed by atoms with van der Waals surface area (Å²) in [6, 6.07) is 8.89. The predicted molar refractivity (Wildman–Crippen MR) is 78.0 cm³/mol. The van der Waals surface area contributed by atoms with E-state index in [1.165, 1.54) is 31.4 Å². The molecule has 0 saturated heterocycles. The van der Waals surface area contributed by atoms with Crippen LogP contribution in [0.15, 0.2) is 36.4 Å². The lowest BCUT2D eigenvalue weighted by atomic mass is 9.99. The number of nitro benzene ring substituents is 1. The zero-order chi connectivity index (χ0) is 15.1. The van der Waals surface area contributed by atoms with Crippen LogP contribution in [0.5, 0.6) is 17.2 Å². The first kappa shape index (κ1) is 13.0. The molecule has 3 rings (SSSR count). The number of phenolic OH excluding ortho intramolecular Hbond substituents is 2. The van der Waals surface area contributed by atoms with Crippen LogP contribution < -0.4 is 4.74 Å². The van der Waals surface area contributed by atoms with Gasteiger partial charge in [-0.15, -0.1) is 0 Å². The molecule has 0 aliphatic rings. The minimum atomic E-state index is -0.527. The van der Waals surface area contributed by atoms with Gasteiger partial charge in [0.25, 0.3) is 5.69 Å². The lowest BCUT2D eigenvalue weighted by Gasteiger charge is -2.11. The van der Waals surface area contributed by atoms with E-state index in [1.54, 1.807) is 12.1 Å². The Kier molecular flexibility index (Phi) is 2.79. The average Bonchev–Trinajstić information content (AvgIpc) is 2.47. The Bertz CT molecular complexity index is 888. The SMILES string of the molecule is COc1cc([N+](=O)[O-])cc2c1c(O)cc1c(O)cccc12. The van der Waals surface area contributed by atoms with Crippen LogP contribution in [0, 0.1) is 10.1 Å². The second kappa shape index (κ2) is 4.52. The van der Waals surface area contributed by atoms with Gasteiger partial charge in [0, 0.05) is 16.8 Å². The standard InChI is InChI=1S/C15H11NO5/c1-21-14-6-8(16(19)20)5-11-9-3-2-4-12(17)10(9)7-13(18)15(11)14/h2-7,17-18H,1H3. The number of aromatic hydroxyl groups is 2. The molecule has 6 nitrogen and oxygen atoms in total. The van der Waals surface area contributed by atoms with Crippen molar-refractivity contribution in [2.75, 3.05) is 7.11 Å². The molecule has 0 aliphatic heterocycles. The van der Waals surface area contributed by atoms with Crippen LogP contribution in [0.1, 0.15) is 0 Å². The van der Waals surface area contributed by atoms with Gasteiger partial charge in [-0.05, 0) is 17.5 Å². The van der Waals surface area contributed by atoms with Gasteiger partial charge in [0.05, 0.1) is 23.5 Å². The summed E-state index contributed by atoms with van der Waals surface area (Å²) in [6.07, 6.45) is 0. The van der Waals surface area contributed by atoms with Gasteiger partial charge in [0.2, 0.25) is 0 Å². The molecule has 106 valence electrons. The van der Waals surface area contributed by atoms with Gasteiger partial charge in [0.15, 0.2) is 0 Å². The maximum absolute atomic E-state index is 11.0. The highest BCUT2D eigenvalue weighted by atomic mass is 16.6. The van der Waals surface area contributed by atoms with Gasteiger partial charge >= 0.3 is 0 Å². The molecule has 3 aromatic rings. The van der Waals surface area contributed by atoms with Gasteiger partial charge in [-0.2, -0.15) is 0 Å². The Morgan fingerprint density at radius 3 is 2.48 bits per heavy atom. The lowest BCUT2D eigenvalue weighted by molar-refractivity contribution is -0.384. The number of benzene rings is 3. The minimum absolute atomic E-state index is 0.00447. The molecule has 0 unspecified atom stereocenters. The zero-order valence-corrected chi connectivity index (χ0v) is 11.0. The molecule has 0 radical (unpaired) electrons. The normalized spacial score (nSPS) is 10.9. The summed E-state index contributed by atoms with van der Waals surface area (Å²) < 4.78 is 5.15. The van der Waals surface area contributed by atoms with Crippen molar-refractivity contribution >= 4 is 27.2 Å². The summed E-state index contributed by atoms with van der Waals surface area (Å²) in [4.78, 5) is 10.5. The smallest absolute Gasteiger partial charge is 0.273 e. The summed E-state index contributed by atoms with van der Waals surface area (Å²) in [7, 11) is 1.38. The Balaban J connectivity index is 2.58. The third kappa shape index (κ3) is 1.88. The van der Waals surface area contributed by atoms with Crippen LogP contribution in [-0.4, -0.2) is 22.2 Å². The number of fused-ring (bicyclic) bond motifs is 3. The maximum Gasteiger partial charge on any atom is 0.273 e. The van der Waals surface area contributed by atoms with Crippen LogP contribution in [0.3, 0.4) is 0 Å². The first-order valence-electron chi connectivity index (χ1n) is 6.12. The van der Waals surface area contributed by atoms with E-state index in [2.05, 4.69) is 0 Å². The molecular formula is C15H11NO5. The molecule has 3 aromatic carbocycles. The Morgan fingerprint density at radius 2 is 1.81 bits per heavy atom. The number of nitro groups is 1. The topological polar surface area (TPSA) is 92.8 Å². The fourth-order valence-electron chi connectivity index (χ4n) is 2.49. The zero-order valence-electron chi connectivity index (χ0n) is 11.0.